The van der Waals surface area contributed by atoms with Gasteiger partial charge in [-0.2, -0.15) is 4.99 Å². The lowest BCUT2D eigenvalue weighted by Crippen LogP contribution is -2.47. The minimum Gasteiger partial charge on any atom is -0.311 e. The van der Waals surface area contributed by atoms with Gasteiger partial charge in [-0.15, -0.1) is 0 Å². The van der Waals surface area contributed by atoms with E-state index in [9.17, 15) is 9.59 Å². The average Bonchev–Trinajstić information content (AvgIpc) is 2.81. The van der Waals surface area contributed by atoms with Crippen LogP contribution in [0.25, 0.3) is 0 Å². The number of nitrogens with zero attached hydrogens (tertiary/aromatic N) is 2. The number of aliphatic imine (C=N–C) groups is 1. The fourth-order valence-electron chi connectivity index (χ4n) is 2.98. The van der Waals surface area contributed by atoms with Gasteiger partial charge in [-0.25, -0.2) is 4.79 Å². The summed E-state index contributed by atoms with van der Waals surface area (Å²) in [4.78, 5) is 28.4. The van der Waals surface area contributed by atoms with Crippen LogP contribution in [0.4, 0.5) is 4.79 Å². The molecule has 1 heterocycles. The zero-order chi connectivity index (χ0) is 15.0. The maximum absolute atomic E-state index is 12.0. The standard InChI is InChI=1S/C16H28N2O2/c1-4-6-7-8-9-11-16(3,10-5-2)18-12-14(13-19)17-15(18)20/h13H,4-12H2,1-3H3. The molecule has 20 heavy (non-hydrogen) atoms. The molecule has 1 aliphatic rings. The topological polar surface area (TPSA) is 49.7 Å². The maximum atomic E-state index is 12.0. The molecule has 4 nitrogen and oxygen atoms in total. The molecule has 0 saturated carbocycles. The van der Waals surface area contributed by atoms with Crippen molar-refractivity contribution in [2.45, 2.75) is 77.7 Å². The number of carbonyl (C=O) groups is 2. The van der Waals surface area contributed by atoms with Gasteiger partial charge in [0.15, 0.2) is 6.29 Å². The van der Waals surface area contributed by atoms with Gasteiger partial charge in [0.25, 0.3) is 0 Å². The number of carbonyl (C=O) groups excluding carboxylic acids is 2. The summed E-state index contributed by atoms with van der Waals surface area (Å²) < 4.78 is 0. The predicted octanol–water partition coefficient (Wildman–Crippen LogP) is 3.98. The minimum atomic E-state index is -0.239. The van der Waals surface area contributed by atoms with Crippen molar-refractivity contribution >= 4 is 18.0 Å². The molecule has 2 amide bonds. The summed E-state index contributed by atoms with van der Waals surface area (Å²) in [5, 5.41) is 0. The largest absolute Gasteiger partial charge is 0.344 e. The SMILES string of the molecule is CCCCCCCC(C)(CCC)N1CC(C=O)=NC1=O. The molecule has 0 N–H and O–H groups in total. The van der Waals surface area contributed by atoms with E-state index in [1.807, 2.05) is 0 Å². The van der Waals surface area contributed by atoms with Crippen molar-refractivity contribution < 1.29 is 9.59 Å². The van der Waals surface area contributed by atoms with Gasteiger partial charge in [-0.3, -0.25) is 4.79 Å². The Morgan fingerprint density at radius 2 is 1.85 bits per heavy atom. The molecular weight excluding hydrogens is 252 g/mol. The highest BCUT2D eigenvalue weighted by atomic mass is 16.2. The Kier molecular flexibility index (Phi) is 6.89. The van der Waals surface area contributed by atoms with Crippen LogP contribution in [0.2, 0.25) is 0 Å². The van der Waals surface area contributed by atoms with Crippen LogP contribution in [-0.2, 0) is 4.79 Å². The first kappa shape index (κ1) is 16.9. The molecule has 1 aliphatic heterocycles. The Morgan fingerprint density at radius 1 is 1.15 bits per heavy atom. The van der Waals surface area contributed by atoms with E-state index in [-0.39, 0.29) is 11.6 Å². The monoisotopic (exact) mass is 280 g/mol. The Labute approximate surface area is 122 Å². The number of urea groups is 1. The minimum absolute atomic E-state index is 0.160. The van der Waals surface area contributed by atoms with Gasteiger partial charge in [0.05, 0.1) is 6.54 Å². The third kappa shape index (κ3) is 4.43. The number of hydrogen-bond donors (Lipinski definition) is 0. The van der Waals surface area contributed by atoms with Crippen LogP contribution in [-0.4, -0.2) is 35.0 Å². The first-order chi connectivity index (χ1) is 9.57. The fraction of sp³-hybridized carbons (Fsp3) is 0.812. The molecule has 1 atom stereocenters. The molecule has 0 saturated heterocycles. The van der Waals surface area contributed by atoms with Gasteiger partial charge in [-0.05, 0) is 19.8 Å². The van der Waals surface area contributed by atoms with E-state index in [1.165, 1.54) is 25.7 Å². The van der Waals surface area contributed by atoms with Crippen molar-refractivity contribution in [1.29, 1.82) is 0 Å². The van der Waals surface area contributed by atoms with Gasteiger partial charge >= 0.3 is 6.03 Å². The van der Waals surface area contributed by atoms with Gasteiger partial charge < -0.3 is 4.90 Å². The summed E-state index contributed by atoms with van der Waals surface area (Å²) in [5.41, 5.74) is 0.204. The van der Waals surface area contributed by atoms with Crippen LogP contribution in [0, 0.1) is 0 Å². The number of unbranched alkanes of at least 4 members (excludes halogenated alkanes) is 4. The smallest absolute Gasteiger partial charge is 0.311 e. The van der Waals surface area contributed by atoms with Gasteiger partial charge in [0.2, 0.25) is 0 Å². The molecule has 1 unspecified atom stereocenters. The highest BCUT2D eigenvalue weighted by Gasteiger charge is 2.37. The Balaban J connectivity index is 2.58. The summed E-state index contributed by atoms with van der Waals surface area (Å²) >= 11 is 0. The zero-order valence-electron chi connectivity index (χ0n) is 13.2. The van der Waals surface area contributed by atoms with E-state index in [1.54, 1.807) is 4.90 Å². The predicted molar refractivity (Wildman–Crippen MR) is 82.3 cm³/mol. The second-order valence-electron chi connectivity index (χ2n) is 6.00. The van der Waals surface area contributed by atoms with Crippen molar-refractivity contribution in [2.75, 3.05) is 6.54 Å². The third-order valence-corrected chi connectivity index (χ3v) is 4.19. The Morgan fingerprint density at radius 3 is 2.40 bits per heavy atom. The molecule has 0 bridgehead atoms. The zero-order valence-corrected chi connectivity index (χ0v) is 13.2. The Hall–Kier alpha value is -1.19. The van der Waals surface area contributed by atoms with Crippen LogP contribution >= 0.6 is 0 Å². The summed E-state index contributed by atoms with van der Waals surface area (Å²) in [6.07, 6.45) is 9.85. The van der Waals surface area contributed by atoms with Crippen molar-refractivity contribution in [2.24, 2.45) is 4.99 Å². The summed E-state index contributed by atoms with van der Waals surface area (Å²) in [5.74, 6) is 0. The van der Waals surface area contributed by atoms with Crippen LogP contribution in [0.3, 0.4) is 0 Å². The number of aldehydes is 1. The van der Waals surface area contributed by atoms with Gasteiger partial charge in [0, 0.05) is 5.54 Å². The van der Waals surface area contributed by atoms with E-state index < -0.39 is 0 Å². The third-order valence-electron chi connectivity index (χ3n) is 4.19. The summed E-state index contributed by atoms with van der Waals surface area (Å²) in [6.45, 7) is 6.87. The fourth-order valence-corrected chi connectivity index (χ4v) is 2.98. The first-order valence-electron chi connectivity index (χ1n) is 7.91. The van der Waals surface area contributed by atoms with E-state index in [0.29, 0.717) is 18.5 Å². The maximum Gasteiger partial charge on any atom is 0.344 e. The molecule has 0 aromatic rings. The van der Waals surface area contributed by atoms with Crippen molar-refractivity contribution in [3.8, 4) is 0 Å². The molecule has 0 aromatic carbocycles. The van der Waals surface area contributed by atoms with Crippen LogP contribution < -0.4 is 0 Å². The van der Waals surface area contributed by atoms with Gasteiger partial charge in [0.1, 0.15) is 5.71 Å². The van der Waals surface area contributed by atoms with Crippen molar-refractivity contribution in [3.63, 3.8) is 0 Å². The second-order valence-corrected chi connectivity index (χ2v) is 6.00. The van der Waals surface area contributed by atoms with E-state index >= 15 is 0 Å². The molecule has 0 aromatic heterocycles. The quantitative estimate of drug-likeness (QED) is 0.449. The normalized spacial score (nSPS) is 18.1. The number of amides is 2. The van der Waals surface area contributed by atoms with Crippen LogP contribution in [0.5, 0.6) is 0 Å². The number of hydrogen-bond acceptors (Lipinski definition) is 2. The van der Waals surface area contributed by atoms with Crippen molar-refractivity contribution in [1.82, 2.24) is 4.90 Å². The molecule has 0 spiro atoms. The summed E-state index contributed by atoms with van der Waals surface area (Å²) in [6, 6.07) is -0.239. The van der Waals surface area contributed by atoms with E-state index in [2.05, 4.69) is 25.8 Å². The molecule has 0 radical (unpaired) electrons. The Bertz CT molecular complexity index is 365. The van der Waals surface area contributed by atoms with Crippen LogP contribution in [0.15, 0.2) is 4.99 Å². The average molecular weight is 280 g/mol. The molecule has 0 fully saturated rings. The lowest BCUT2D eigenvalue weighted by atomic mass is 9.87. The molecule has 0 aliphatic carbocycles. The molecule has 114 valence electrons. The molecular formula is C16H28N2O2. The molecule has 4 heteroatoms. The first-order valence-corrected chi connectivity index (χ1v) is 7.91. The highest BCUT2D eigenvalue weighted by Crippen LogP contribution is 2.30. The van der Waals surface area contributed by atoms with E-state index in [4.69, 9.17) is 0 Å². The van der Waals surface area contributed by atoms with Crippen LogP contribution in [0.1, 0.15) is 72.1 Å². The van der Waals surface area contributed by atoms with Crippen molar-refractivity contribution in [3.05, 3.63) is 0 Å². The van der Waals surface area contributed by atoms with E-state index in [0.717, 1.165) is 25.7 Å². The lowest BCUT2D eigenvalue weighted by Gasteiger charge is -2.38. The highest BCUT2D eigenvalue weighted by molar-refractivity contribution is 6.33. The second kappa shape index (κ2) is 8.18. The number of rotatable bonds is 10. The van der Waals surface area contributed by atoms with Gasteiger partial charge in [-0.1, -0.05) is 52.4 Å². The lowest BCUT2D eigenvalue weighted by molar-refractivity contribution is -0.102. The summed E-state index contributed by atoms with van der Waals surface area (Å²) in [7, 11) is 0. The molecule has 1 rings (SSSR count).